The zero-order valence-corrected chi connectivity index (χ0v) is 12.5. The van der Waals surface area contributed by atoms with Crippen molar-refractivity contribution >= 4 is 6.16 Å². The molecule has 0 aromatic carbocycles. The van der Waals surface area contributed by atoms with E-state index in [0.29, 0.717) is 0 Å². The van der Waals surface area contributed by atoms with Crippen molar-refractivity contribution in [2.24, 2.45) is 0 Å². The molecule has 3 nitrogen and oxygen atoms in total. The summed E-state index contributed by atoms with van der Waals surface area (Å²) in [5.41, 5.74) is 0. The number of carboxylic acid groups (broad SMARTS) is 2. The summed E-state index contributed by atoms with van der Waals surface area (Å²) in [7, 11) is 0. The molecule has 7 heavy (non-hydrogen) atoms. The molecule has 2 N–H and O–H groups in total. The van der Waals surface area contributed by atoms with E-state index < -0.39 is 6.16 Å². The van der Waals surface area contributed by atoms with Gasteiger partial charge in [-0.05, 0) is 0 Å². The molecule has 0 saturated heterocycles. The molecule has 0 spiro atoms. The van der Waals surface area contributed by atoms with Crippen LogP contribution >= 0.6 is 0 Å². The van der Waals surface area contributed by atoms with E-state index in [1.165, 1.54) is 0 Å². The molecule has 0 amide bonds. The van der Waals surface area contributed by atoms with Crippen LogP contribution in [0.25, 0.3) is 0 Å². The van der Waals surface area contributed by atoms with E-state index in [-0.39, 0.29) is 106 Å². The minimum atomic E-state index is -1.83. The summed E-state index contributed by atoms with van der Waals surface area (Å²) < 4.78 is 0. The molecule has 0 saturated carbocycles. The van der Waals surface area contributed by atoms with Crippen LogP contribution in [0.2, 0.25) is 0 Å². The number of halogens is 1. The fourth-order valence-electron chi connectivity index (χ4n) is 0. The van der Waals surface area contributed by atoms with Gasteiger partial charge < -0.3 is 13.1 Å². The normalized spacial score (nSPS) is 3.43. The van der Waals surface area contributed by atoms with E-state index in [4.69, 9.17) is 15.0 Å². The van der Waals surface area contributed by atoms with Crippen molar-refractivity contribution in [3.63, 3.8) is 0 Å². The molecule has 0 bridgehead atoms. The van der Waals surface area contributed by atoms with Gasteiger partial charge in [0.25, 0.3) is 0 Å². The van der Waals surface area contributed by atoms with Crippen LogP contribution in [0.3, 0.4) is 0 Å². The SMILES string of the molecule is F.O=C(O)O.[Cs+].[H-].[H-].[Na+]. The van der Waals surface area contributed by atoms with Crippen LogP contribution in [0.4, 0.5) is 9.50 Å². The molecule has 0 unspecified atom stereocenters. The first-order valence-corrected chi connectivity index (χ1v) is 0.651. The van der Waals surface area contributed by atoms with Crippen LogP contribution in [0.1, 0.15) is 2.85 Å². The van der Waals surface area contributed by atoms with Crippen LogP contribution < -0.4 is 98.5 Å². The molecule has 36 valence electrons. The van der Waals surface area contributed by atoms with Crippen LogP contribution in [0.15, 0.2) is 0 Å². The molecule has 0 rings (SSSR count). The van der Waals surface area contributed by atoms with Gasteiger partial charge in [0.1, 0.15) is 0 Å². The van der Waals surface area contributed by atoms with Crippen LogP contribution in [0.5, 0.6) is 0 Å². The van der Waals surface area contributed by atoms with Crippen molar-refractivity contribution in [3.8, 4) is 0 Å². The van der Waals surface area contributed by atoms with Gasteiger partial charge in [-0.3, -0.25) is 4.70 Å². The largest absolute Gasteiger partial charge is 1.00 e. The Morgan fingerprint density at radius 3 is 1.43 bits per heavy atom. The Balaban J connectivity index is -0.00000000450. The fourth-order valence-corrected chi connectivity index (χ4v) is 0. The van der Waals surface area contributed by atoms with E-state index in [2.05, 4.69) is 0 Å². The summed E-state index contributed by atoms with van der Waals surface area (Å²) in [5, 5.41) is 13.9. The topological polar surface area (TPSA) is 57.5 Å². The quantitative estimate of drug-likeness (QED) is 0.415. The molecule has 0 aliphatic rings. The smallest absolute Gasteiger partial charge is 1.00 e. The molecule has 0 heterocycles. The maximum Gasteiger partial charge on any atom is 1.00 e. The average Bonchev–Trinajstić information content (AvgIpc) is 0.811. The third kappa shape index (κ3) is 63.6. The standard InChI is InChI=1S/CH2O3.Cs.FH.Na.2H/c2-1(3)4;;;;;/h(H2,2,3,4);;1H;;;/q;+1;;+1;2*-1. The van der Waals surface area contributed by atoms with Crippen molar-refractivity contribution in [3.05, 3.63) is 0 Å². The third-order valence-electron chi connectivity index (χ3n) is 0. The van der Waals surface area contributed by atoms with E-state index >= 15 is 0 Å². The summed E-state index contributed by atoms with van der Waals surface area (Å²) >= 11 is 0. The van der Waals surface area contributed by atoms with Gasteiger partial charge in [0, 0.05) is 0 Å². The van der Waals surface area contributed by atoms with E-state index in [1.54, 1.807) is 0 Å². The Bertz CT molecular complexity index is 44.8. The summed E-state index contributed by atoms with van der Waals surface area (Å²) in [4.78, 5) is 8.56. The average molecular weight is 240 g/mol. The first-order valence-electron chi connectivity index (χ1n) is 0.651. The maximum absolute atomic E-state index is 8.56. The molecule has 0 aliphatic heterocycles. The van der Waals surface area contributed by atoms with Gasteiger partial charge in [-0.25, -0.2) is 4.79 Å². The van der Waals surface area contributed by atoms with Crippen LogP contribution in [-0.2, 0) is 0 Å². The van der Waals surface area contributed by atoms with Gasteiger partial charge in [-0.2, -0.15) is 0 Å². The number of rotatable bonds is 0. The van der Waals surface area contributed by atoms with Gasteiger partial charge in [0.15, 0.2) is 0 Å². The minimum absolute atomic E-state index is 0. The van der Waals surface area contributed by atoms with Crippen LogP contribution in [-0.4, -0.2) is 16.4 Å². The summed E-state index contributed by atoms with van der Waals surface area (Å²) in [6.07, 6.45) is -1.83. The van der Waals surface area contributed by atoms with Gasteiger partial charge in [0.05, 0.1) is 0 Å². The second-order valence-corrected chi connectivity index (χ2v) is 0.283. The van der Waals surface area contributed by atoms with Gasteiger partial charge >= 0.3 is 105 Å². The van der Waals surface area contributed by atoms with Gasteiger partial charge in [0.2, 0.25) is 0 Å². The minimum Gasteiger partial charge on any atom is -1.00 e. The Morgan fingerprint density at radius 2 is 1.43 bits per heavy atom. The molecule has 0 aromatic rings. The fraction of sp³-hybridized carbons (Fsp3) is 0. The van der Waals surface area contributed by atoms with E-state index in [9.17, 15) is 0 Å². The maximum atomic E-state index is 8.56. The second kappa shape index (κ2) is 15.7. The summed E-state index contributed by atoms with van der Waals surface area (Å²) in [5.74, 6) is 0. The Morgan fingerprint density at radius 1 is 1.43 bits per heavy atom. The number of carbonyl (C=O) groups is 1. The monoisotopic (exact) mass is 240 g/mol. The number of hydrogen-bond donors (Lipinski definition) is 2. The van der Waals surface area contributed by atoms with Crippen LogP contribution in [0, 0.1) is 0 Å². The predicted octanol–water partition coefficient (Wildman–Crippen LogP) is -5.39. The number of hydrogen-bond acceptors (Lipinski definition) is 1. The molecule has 0 radical (unpaired) electrons. The first-order chi connectivity index (χ1) is 1.73. The third-order valence-corrected chi connectivity index (χ3v) is 0. The zero-order chi connectivity index (χ0) is 3.58. The van der Waals surface area contributed by atoms with Crippen molar-refractivity contribution in [2.75, 3.05) is 0 Å². The van der Waals surface area contributed by atoms with Crippen molar-refractivity contribution in [2.45, 2.75) is 0 Å². The van der Waals surface area contributed by atoms with Crippen molar-refractivity contribution in [1.82, 2.24) is 0 Å². The molecule has 0 aromatic heterocycles. The Labute approximate surface area is 124 Å². The summed E-state index contributed by atoms with van der Waals surface area (Å²) in [6.45, 7) is 0. The molecule has 0 aliphatic carbocycles. The molecule has 6 heteroatoms. The molecule has 0 atom stereocenters. The molecular formula is CH5CsFNaO3. The molecule has 0 fully saturated rings. The Hall–Kier alpha value is 2.25. The molecular weight excluding hydrogens is 235 g/mol. The zero-order valence-electron chi connectivity index (χ0n) is 6.21. The second-order valence-electron chi connectivity index (χ2n) is 0.283. The Kier molecular flexibility index (Phi) is 51.3. The van der Waals surface area contributed by atoms with Crippen molar-refractivity contribution in [1.29, 1.82) is 0 Å². The van der Waals surface area contributed by atoms with E-state index in [1.807, 2.05) is 0 Å². The first kappa shape index (κ1) is 22.8. The van der Waals surface area contributed by atoms with Gasteiger partial charge in [-0.15, -0.1) is 0 Å². The predicted molar refractivity (Wildman–Crippen MR) is 15.4 cm³/mol. The van der Waals surface area contributed by atoms with E-state index in [0.717, 1.165) is 0 Å². The van der Waals surface area contributed by atoms with Gasteiger partial charge in [-0.1, -0.05) is 0 Å². The summed E-state index contributed by atoms with van der Waals surface area (Å²) in [6, 6.07) is 0. The van der Waals surface area contributed by atoms with Crippen molar-refractivity contribution < 1.29 is 121 Å².